The fraction of sp³-hybridized carbons (Fsp3) is 0.205. The van der Waals surface area contributed by atoms with Crippen LogP contribution in [0, 0.1) is 0 Å². The highest BCUT2D eigenvalue weighted by Gasteiger charge is 2.25. The largest absolute Gasteiger partial charge is 0.384 e. The molecule has 15 nitrogen and oxygen atoms in total. The van der Waals surface area contributed by atoms with E-state index in [1.165, 1.54) is 67.0 Å². The topological polar surface area (TPSA) is 247 Å². The number of nitrogens with zero attached hydrogens (tertiary/aromatic N) is 4. The first kappa shape index (κ1) is 47.8. The van der Waals surface area contributed by atoms with E-state index in [1.54, 1.807) is 42.5 Å². The van der Waals surface area contributed by atoms with Gasteiger partial charge < -0.3 is 11.5 Å². The van der Waals surface area contributed by atoms with Crippen molar-refractivity contribution in [3.63, 3.8) is 0 Å². The molecule has 63 heavy (non-hydrogen) atoms. The van der Waals surface area contributed by atoms with E-state index in [2.05, 4.69) is 29.4 Å². The lowest BCUT2D eigenvalue weighted by molar-refractivity contribution is -0.117. The van der Waals surface area contributed by atoms with Crippen LogP contribution in [-0.4, -0.2) is 54.2 Å². The summed E-state index contributed by atoms with van der Waals surface area (Å²) in [6, 6.07) is 24.8. The monoisotopic (exact) mass is 930 g/mol. The molecule has 6 aromatic rings. The van der Waals surface area contributed by atoms with Crippen LogP contribution in [0.3, 0.4) is 0 Å². The van der Waals surface area contributed by atoms with Gasteiger partial charge in [-0.3, -0.25) is 23.8 Å². The molecule has 0 atom stereocenters. The average molecular weight is 932 g/mol. The van der Waals surface area contributed by atoms with E-state index in [-0.39, 0.29) is 77.1 Å². The third kappa shape index (κ3) is 12.4. The Morgan fingerprint density at radius 2 is 1.00 bits per heavy atom. The molecule has 328 valence electrons. The zero-order valence-corrected chi connectivity index (χ0v) is 38.1. The normalized spacial score (nSPS) is 11.8. The number of nitrogens with two attached hydrogens (primary N) is 2. The number of benzene rings is 2. The molecule has 0 radical (unpaired) electrons. The number of carbonyl (C=O) groups is 3. The molecule has 0 aliphatic heterocycles. The van der Waals surface area contributed by atoms with E-state index < -0.39 is 37.5 Å². The Kier molecular flexibility index (Phi) is 14.4. The first-order valence-corrected chi connectivity index (χ1v) is 22.7. The molecule has 19 heteroatoms. The Hall–Kier alpha value is -6.27. The highest BCUT2D eigenvalue weighted by atomic mass is 35.5. The number of anilines is 3. The summed E-state index contributed by atoms with van der Waals surface area (Å²) < 4.78 is 56.6. The van der Waals surface area contributed by atoms with Crippen LogP contribution in [-0.2, 0) is 42.1 Å². The van der Waals surface area contributed by atoms with E-state index in [0.717, 1.165) is 11.1 Å². The van der Waals surface area contributed by atoms with Crippen molar-refractivity contribution in [1.82, 2.24) is 19.9 Å². The Bertz CT molecular complexity index is 2920. The highest BCUT2D eigenvalue weighted by molar-refractivity contribution is 7.93. The predicted molar refractivity (Wildman–Crippen MR) is 243 cm³/mol. The van der Waals surface area contributed by atoms with Crippen molar-refractivity contribution in [2.75, 3.05) is 15.2 Å². The quantitative estimate of drug-likeness (QED) is 0.0870. The molecule has 0 unspecified atom stereocenters. The lowest BCUT2D eigenvalue weighted by Gasteiger charge is -2.19. The maximum atomic E-state index is 13.1. The van der Waals surface area contributed by atoms with Crippen LogP contribution in [0.15, 0.2) is 119 Å². The zero-order chi connectivity index (χ0) is 46.5. The minimum Gasteiger partial charge on any atom is -0.384 e. The number of primary amides is 1. The number of halogens is 2. The molecule has 0 bridgehead atoms. The molecule has 6 rings (SSSR count). The first-order valence-electron chi connectivity index (χ1n) is 19.0. The number of rotatable bonds is 12. The minimum atomic E-state index is -4.04. The number of carbonyl (C=O) groups excluding carboxylic acids is 3. The van der Waals surface area contributed by atoms with Crippen molar-refractivity contribution in [1.29, 1.82) is 0 Å². The molecular formula is C44H44Cl2N8O7S2. The molecule has 0 spiro atoms. The molecule has 2 aromatic carbocycles. The Labute approximate surface area is 375 Å². The summed E-state index contributed by atoms with van der Waals surface area (Å²) in [4.78, 5) is 53.3. The lowest BCUT2D eigenvalue weighted by Crippen LogP contribution is -2.19. The lowest BCUT2D eigenvalue weighted by atomic mass is 9.87. The van der Waals surface area contributed by atoms with Crippen molar-refractivity contribution >= 4 is 77.9 Å². The van der Waals surface area contributed by atoms with Crippen molar-refractivity contribution < 1.29 is 31.2 Å². The Balaban J connectivity index is 0.000000239. The van der Waals surface area contributed by atoms with Gasteiger partial charge in [-0.1, -0.05) is 101 Å². The van der Waals surface area contributed by atoms with Gasteiger partial charge >= 0.3 is 0 Å². The highest BCUT2D eigenvalue weighted by Crippen LogP contribution is 2.29. The van der Waals surface area contributed by atoms with Gasteiger partial charge in [0, 0.05) is 12.4 Å². The van der Waals surface area contributed by atoms with Crippen molar-refractivity contribution in [2.24, 2.45) is 5.73 Å². The van der Waals surface area contributed by atoms with Crippen molar-refractivity contribution in [2.45, 2.75) is 68.6 Å². The summed E-state index contributed by atoms with van der Waals surface area (Å²) in [6.45, 7) is 12.2. The molecule has 4 aromatic heterocycles. The van der Waals surface area contributed by atoms with Crippen molar-refractivity contribution in [3.8, 4) is 0 Å². The van der Waals surface area contributed by atoms with Crippen LogP contribution in [0.1, 0.15) is 90.7 Å². The van der Waals surface area contributed by atoms with Gasteiger partial charge in [-0.05, 0) is 82.6 Å². The van der Waals surface area contributed by atoms with Gasteiger partial charge in [-0.15, -0.1) is 0 Å². The van der Waals surface area contributed by atoms with Gasteiger partial charge in [0.25, 0.3) is 20.0 Å². The summed E-state index contributed by atoms with van der Waals surface area (Å²) in [5, 5.41) is 0.315. The summed E-state index contributed by atoms with van der Waals surface area (Å²) in [5.74, 6) is -1.66. The minimum absolute atomic E-state index is 0.0152. The summed E-state index contributed by atoms with van der Waals surface area (Å²) in [5.41, 5.74) is 12.4. The second kappa shape index (κ2) is 19.0. The smallest absolute Gasteiger partial charge is 0.261 e. The molecule has 0 aliphatic carbocycles. The van der Waals surface area contributed by atoms with Crippen molar-refractivity contribution in [3.05, 3.63) is 159 Å². The van der Waals surface area contributed by atoms with E-state index in [4.69, 9.17) is 34.7 Å². The number of sulfonamides is 2. The molecule has 0 fully saturated rings. The third-order valence-electron chi connectivity index (χ3n) is 9.09. The number of hydrogen-bond donors (Lipinski definition) is 4. The third-order valence-corrected chi connectivity index (χ3v) is 12.3. The van der Waals surface area contributed by atoms with Crippen LogP contribution < -0.4 is 20.9 Å². The van der Waals surface area contributed by atoms with Gasteiger partial charge in [0.1, 0.15) is 28.6 Å². The van der Waals surface area contributed by atoms with E-state index in [1.807, 2.05) is 41.5 Å². The van der Waals surface area contributed by atoms with Crippen LogP contribution in [0.2, 0.25) is 10.0 Å². The van der Waals surface area contributed by atoms with Gasteiger partial charge in [0.05, 0.1) is 43.3 Å². The van der Waals surface area contributed by atoms with Gasteiger partial charge in [-0.2, -0.15) is 0 Å². The molecule has 0 aliphatic rings. The average Bonchev–Trinajstić information content (AvgIpc) is 3.20. The number of pyridine rings is 4. The van der Waals surface area contributed by atoms with Gasteiger partial charge in [0.2, 0.25) is 17.5 Å². The standard InChI is InChI=1S/C23H23ClN4O4S.C21H21ClN4O3S/c1-23(2,3)14-7-9-17(10-8-14)33(31,32)28-19-11-15(24)13-26-21(19)22(30)18-6-4-5-16(27-18)12-20(25)29;1-21(2,3)13-7-9-15(10-8-13)30(28,29)26-17-11-14(22)12-24-19(17)20(27)16-5-4-6-18(23)25-16/h4-11,13,28H,12H2,1-3H3,(H2,25,29);4-12,26H,1-3H3,(H2,23,25). The second-order valence-corrected chi connectivity index (χ2v) is 20.4. The molecule has 6 N–H and O–H groups in total. The van der Waals surface area contributed by atoms with Gasteiger partial charge in [0.15, 0.2) is 0 Å². The van der Waals surface area contributed by atoms with Gasteiger partial charge in [-0.25, -0.2) is 36.8 Å². The molecule has 0 saturated carbocycles. The summed E-state index contributed by atoms with van der Waals surface area (Å²) >= 11 is 12.0. The summed E-state index contributed by atoms with van der Waals surface area (Å²) in [7, 11) is -8.02. The fourth-order valence-electron chi connectivity index (χ4n) is 5.78. The van der Waals surface area contributed by atoms with E-state index in [0.29, 0.717) is 5.69 Å². The second-order valence-electron chi connectivity index (χ2n) is 16.1. The molecule has 1 amide bonds. The zero-order valence-electron chi connectivity index (χ0n) is 35.0. The SMILES string of the molecule is CC(C)(C)c1ccc(S(=O)(=O)Nc2cc(Cl)cnc2C(=O)c2cccc(CC(N)=O)n2)cc1.CC(C)(C)c1ccc(S(=O)(=O)Nc2cc(Cl)cnc2C(=O)c2cccc(N)n2)cc1. The van der Waals surface area contributed by atoms with Crippen LogP contribution in [0.5, 0.6) is 0 Å². The number of aromatic nitrogens is 4. The Morgan fingerprint density at radius 1 is 0.603 bits per heavy atom. The number of nitrogens with one attached hydrogen (secondary N) is 2. The number of ketones is 2. The van der Waals surface area contributed by atoms with E-state index >= 15 is 0 Å². The number of hydrogen-bond acceptors (Lipinski definition) is 12. The van der Waals surface area contributed by atoms with Crippen LogP contribution in [0.4, 0.5) is 17.2 Å². The first-order chi connectivity index (χ1) is 29.3. The fourth-order valence-corrected chi connectivity index (χ4v) is 8.21. The maximum absolute atomic E-state index is 13.1. The maximum Gasteiger partial charge on any atom is 0.261 e. The molecule has 4 heterocycles. The molecule has 0 saturated heterocycles. The van der Waals surface area contributed by atoms with Crippen LogP contribution >= 0.6 is 23.2 Å². The Morgan fingerprint density at radius 3 is 1.38 bits per heavy atom. The molecular weight excluding hydrogens is 888 g/mol. The number of nitrogen functional groups attached to an aromatic ring is 1. The predicted octanol–water partition coefficient (Wildman–Crippen LogP) is 7.53. The number of amides is 1. The summed E-state index contributed by atoms with van der Waals surface area (Å²) in [6.07, 6.45) is 2.36. The van der Waals surface area contributed by atoms with Crippen LogP contribution in [0.25, 0.3) is 0 Å². The van der Waals surface area contributed by atoms with E-state index in [9.17, 15) is 31.2 Å².